The monoisotopic (exact) mass is 308 g/mol. The Morgan fingerprint density at radius 1 is 1.44 bits per heavy atom. The van der Waals surface area contributed by atoms with Crippen molar-refractivity contribution in [3.05, 3.63) is 40.2 Å². The predicted octanol–water partition coefficient (Wildman–Crippen LogP) is 3.32. The molecular weight excluding hydrogens is 303 g/mol. The van der Waals surface area contributed by atoms with Crippen molar-refractivity contribution in [2.75, 3.05) is 0 Å². The first kappa shape index (κ1) is 11.2. The normalized spacial score (nSPS) is 11.2. The van der Waals surface area contributed by atoms with Crippen LogP contribution in [0.1, 0.15) is 10.4 Å². The van der Waals surface area contributed by atoms with Crippen LogP contribution < -0.4 is 0 Å². The Morgan fingerprint density at radius 3 is 2.94 bits per heavy atom. The first-order valence-corrected chi connectivity index (χ1v) is 5.86. The minimum Gasteiger partial charge on any atom is -0.478 e. The van der Waals surface area contributed by atoms with Gasteiger partial charge >= 0.3 is 5.97 Å². The van der Waals surface area contributed by atoms with Crippen LogP contribution in [0, 0.1) is 5.82 Å². The van der Waals surface area contributed by atoms with Gasteiger partial charge in [-0.3, -0.25) is 4.98 Å². The molecule has 0 unspecified atom stereocenters. The van der Waals surface area contributed by atoms with Gasteiger partial charge in [-0.05, 0) is 34.1 Å². The highest BCUT2D eigenvalue weighted by Gasteiger charge is 2.13. The lowest BCUT2D eigenvalue weighted by Gasteiger charge is -1.95. The Balaban J connectivity index is 2.43. The van der Waals surface area contributed by atoms with Crippen LogP contribution in [0.25, 0.3) is 21.9 Å². The van der Waals surface area contributed by atoms with E-state index in [0.717, 1.165) is 0 Å². The van der Waals surface area contributed by atoms with Crippen molar-refractivity contribution in [1.82, 2.24) is 9.97 Å². The fraction of sp³-hybridized carbons (Fsp3) is 0. The van der Waals surface area contributed by atoms with E-state index in [1.165, 1.54) is 12.3 Å². The van der Waals surface area contributed by atoms with Crippen LogP contribution in [-0.2, 0) is 0 Å². The maximum Gasteiger partial charge on any atom is 0.337 e. The molecule has 0 spiro atoms. The molecule has 0 bridgehead atoms. The molecule has 0 aliphatic heterocycles. The molecule has 0 amide bonds. The van der Waals surface area contributed by atoms with Crippen molar-refractivity contribution in [3.63, 3.8) is 0 Å². The van der Waals surface area contributed by atoms with Gasteiger partial charge in [-0.2, -0.15) is 0 Å². The number of pyridine rings is 1. The average molecular weight is 309 g/mol. The number of aromatic nitrogens is 2. The average Bonchev–Trinajstić information content (AvgIpc) is 2.72. The van der Waals surface area contributed by atoms with Crippen LogP contribution in [0.4, 0.5) is 4.39 Å². The Morgan fingerprint density at radius 2 is 2.22 bits per heavy atom. The summed E-state index contributed by atoms with van der Waals surface area (Å²) < 4.78 is 14.2. The van der Waals surface area contributed by atoms with Gasteiger partial charge in [-0.25, -0.2) is 9.18 Å². The summed E-state index contributed by atoms with van der Waals surface area (Å²) in [6.07, 6.45) is 1.26. The molecule has 18 heavy (non-hydrogen) atoms. The largest absolute Gasteiger partial charge is 0.478 e. The van der Waals surface area contributed by atoms with Crippen molar-refractivity contribution in [2.24, 2.45) is 0 Å². The van der Waals surface area contributed by atoms with Crippen molar-refractivity contribution in [1.29, 1.82) is 0 Å². The Hall–Kier alpha value is -1.95. The number of aromatic amines is 1. The quantitative estimate of drug-likeness (QED) is 0.724. The number of fused-ring (bicyclic) bond motifs is 3. The number of halogens is 2. The van der Waals surface area contributed by atoms with Crippen LogP contribution in [0.15, 0.2) is 28.9 Å². The summed E-state index contributed by atoms with van der Waals surface area (Å²) in [4.78, 5) is 17.8. The van der Waals surface area contributed by atoms with Crippen molar-refractivity contribution in [2.45, 2.75) is 0 Å². The van der Waals surface area contributed by atoms with Crippen molar-refractivity contribution < 1.29 is 14.3 Å². The van der Waals surface area contributed by atoms with Crippen molar-refractivity contribution in [3.8, 4) is 0 Å². The van der Waals surface area contributed by atoms with Gasteiger partial charge in [0.2, 0.25) is 0 Å². The summed E-state index contributed by atoms with van der Waals surface area (Å²) in [5.41, 5.74) is 1.44. The van der Waals surface area contributed by atoms with E-state index in [0.29, 0.717) is 26.4 Å². The second kappa shape index (κ2) is 3.78. The molecule has 0 radical (unpaired) electrons. The molecule has 0 saturated heterocycles. The van der Waals surface area contributed by atoms with Crippen LogP contribution in [0.5, 0.6) is 0 Å². The third-order valence-electron chi connectivity index (χ3n) is 2.74. The van der Waals surface area contributed by atoms with Gasteiger partial charge < -0.3 is 10.1 Å². The fourth-order valence-corrected chi connectivity index (χ4v) is 2.23. The van der Waals surface area contributed by atoms with E-state index < -0.39 is 11.8 Å². The molecule has 0 atom stereocenters. The highest BCUT2D eigenvalue weighted by atomic mass is 79.9. The number of benzene rings is 1. The number of carboxylic acids is 1. The van der Waals surface area contributed by atoms with Gasteiger partial charge in [-0.15, -0.1) is 0 Å². The lowest BCUT2D eigenvalue weighted by atomic mass is 10.2. The number of carbonyl (C=O) groups is 1. The second-order valence-corrected chi connectivity index (χ2v) is 4.69. The minimum absolute atomic E-state index is 0.0635. The maximum atomic E-state index is 13.9. The number of nitrogens with one attached hydrogen (secondary N) is 1. The highest BCUT2D eigenvalue weighted by molar-refractivity contribution is 9.10. The van der Waals surface area contributed by atoms with Crippen LogP contribution in [0.2, 0.25) is 0 Å². The first-order chi connectivity index (χ1) is 8.58. The molecule has 2 N–H and O–H groups in total. The summed E-state index contributed by atoms with van der Waals surface area (Å²) in [7, 11) is 0. The summed E-state index contributed by atoms with van der Waals surface area (Å²) >= 11 is 3.10. The molecule has 3 rings (SSSR count). The topological polar surface area (TPSA) is 66.0 Å². The third kappa shape index (κ3) is 1.49. The number of aromatic carboxylic acids is 1. The van der Waals surface area contributed by atoms with Crippen molar-refractivity contribution >= 4 is 43.8 Å². The lowest BCUT2D eigenvalue weighted by molar-refractivity contribution is 0.0696. The van der Waals surface area contributed by atoms with Gasteiger partial charge in [-0.1, -0.05) is 0 Å². The fourth-order valence-electron chi connectivity index (χ4n) is 1.90. The van der Waals surface area contributed by atoms with Crippen LogP contribution >= 0.6 is 15.9 Å². The van der Waals surface area contributed by atoms with Gasteiger partial charge in [0.25, 0.3) is 0 Å². The summed E-state index contributed by atoms with van der Waals surface area (Å²) in [5.74, 6) is -1.48. The summed E-state index contributed by atoms with van der Waals surface area (Å²) in [6.45, 7) is 0. The first-order valence-electron chi connectivity index (χ1n) is 5.06. The molecule has 2 heterocycles. The van der Waals surface area contributed by atoms with E-state index in [2.05, 4.69) is 25.9 Å². The van der Waals surface area contributed by atoms with E-state index in [9.17, 15) is 9.18 Å². The van der Waals surface area contributed by atoms with Gasteiger partial charge in [0.15, 0.2) is 5.82 Å². The maximum absolute atomic E-state index is 13.9. The molecule has 4 nitrogen and oxygen atoms in total. The molecule has 0 aliphatic rings. The smallest absolute Gasteiger partial charge is 0.337 e. The van der Waals surface area contributed by atoms with Gasteiger partial charge in [0, 0.05) is 11.6 Å². The molecule has 1 aromatic carbocycles. The number of rotatable bonds is 1. The summed E-state index contributed by atoms with van der Waals surface area (Å²) in [5, 5.41) is 9.51. The zero-order chi connectivity index (χ0) is 12.9. The molecule has 2 aromatic heterocycles. The molecule has 0 fully saturated rings. The Labute approximate surface area is 109 Å². The summed E-state index contributed by atoms with van der Waals surface area (Å²) in [6, 6.07) is 4.77. The SMILES string of the molecule is O=C(O)c1cnc2c(c1)[nH]c1c(F)c(Br)ccc12. The third-order valence-corrected chi connectivity index (χ3v) is 3.36. The number of nitrogens with zero attached hydrogens (tertiary/aromatic N) is 1. The van der Waals surface area contributed by atoms with E-state index in [1.54, 1.807) is 12.1 Å². The van der Waals surface area contributed by atoms with E-state index in [-0.39, 0.29) is 5.56 Å². The van der Waals surface area contributed by atoms with Gasteiger partial charge in [0.05, 0.1) is 26.6 Å². The Bertz CT molecular complexity index is 797. The zero-order valence-electron chi connectivity index (χ0n) is 8.87. The Kier molecular flexibility index (Phi) is 2.34. The van der Waals surface area contributed by atoms with E-state index in [4.69, 9.17) is 5.11 Å². The number of hydrogen-bond donors (Lipinski definition) is 2. The highest BCUT2D eigenvalue weighted by Crippen LogP contribution is 2.29. The molecule has 90 valence electrons. The predicted molar refractivity (Wildman–Crippen MR) is 68.2 cm³/mol. The molecule has 0 aliphatic carbocycles. The minimum atomic E-state index is -1.07. The standard InChI is InChI=1S/C12H6BrFN2O2/c13-7-2-1-6-10-8(16-11(6)9(7)14)3-5(4-15-10)12(17)18/h1-4,16H,(H,17,18). The van der Waals surface area contributed by atoms with Crippen LogP contribution in [-0.4, -0.2) is 21.0 Å². The number of H-pyrrole nitrogens is 1. The number of carboxylic acid groups (broad SMARTS) is 1. The van der Waals surface area contributed by atoms with E-state index in [1.807, 2.05) is 0 Å². The van der Waals surface area contributed by atoms with E-state index >= 15 is 0 Å². The molecular formula is C12H6BrFN2O2. The molecule has 0 saturated carbocycles. The molecule has 3 aromatic rings. The zero-order valence-corrected chi connectivity index (χ0v) is 10.5. The second-order valence-electron chi connectivity index (χ2n) is 3.83. The number of hydrogen-bond acceptors (Lipinski definition) is 2. The van der Waals surface area contributed by atoms with Gasteiger partial charge in [0.1, 0.15) is 0 Å². The van der Waals surface area contributed by atoms with Crippen LogP contribution in [0.3, 0.4) is 0 Å². The lowest BCUT2D eigenvalue weighted by Crippen LogP contribution is -1.96. The molecule has 6 heteroatoms.